The first-order valence-corrected chi connectivity index (χ1v) is 11.7. The molecule has 0 saturated heterocycles. The number of carbonyl (C=O) groups is 1. The SMILES string of the molecule is CC1=C(/C=C/C(C)=C/C=C/C(C)=C/C(=O)Nc2ccc(O)cc2)C(C)(C)CC[C@H]1n1ccnc1. The molecule has 1 heterocycles. The number of imidazole rings is 1. The van der Waals surface area contributed by atoms with Crippen LogP contribution < -0.4 is 5.32 Å². The highest BCUT2D eigenvalue weighted by molar-refractivity contribution is 6.00. The number of phenolic OH excluding ortho intramolecular Hbond substituents is 1. The van der Waals surface area contributed by atoms with Crippen LogP contribution in [0.2, 0.25) is 0 Å². The van der Waals surface area contributed by atoms with Crippen molar-refractivity contribution in [3.05, 3.63) is 102 Å². The van der Waals surface area contributed by atoms with E-state index in [4.69, 9.17) is 0 Å². The predicted molar refractivity (Wildman–Crippen MR) is 140 cm³/mol. The Morgan fingerprint density at radius 1 is 1.18 bits per heavy atom. The molecule has 0 bridgehead atoms. The van der Waals surface area contributed by atoms with Crippen LogP contribution in [0.5, 0.6) is 5.75 Å². The van der Waals surface area contributed by atoms with Gasteiger partial charge in [0.15, 0.2) is 0 Å². The van der Waals surface area contributed by atoms with Crippen molar-refractivity contribution < 1.29 is 9.90 Å². The maximum atomic E-state index is 12.2. The van der Waals surface area contributed by atoms with Crippen LogP contribution in [-0.4, -0.2) is 20.6 Å². The number of nitrogens with one attached hydrogen (secondary N) is 1. The van der Waals surface area contributed by atoms with Gasteiger partial charge in [0, 0.05) is 24.2 Å². The lowest BCUT2D eigenvalue weighted by molar-refractivity contribution is -0.111. The van der Waals surface area contributed by atoms with Crippen molar-refractivity contribution in [1.82, 2.24) is 9.55 Å². The minimum atomic E-state index is -0.206. The zero-order valence-electron chi connectivity index (χ0n) is 20.7. The van der Waals surface area contributed by atoms with Gasteiger partial charge in [-0.3, -0.25) is 4.79 Å². The van der Waals surface area contributed by atoms with Gasteiger partial charge in [0.25, 0.3) is 0 Å². The van der Waals surface area contributed by atoms with E-state index in [0.717, 1.165) is 24.0 Å². The molecule has 1 amide bonds. The second-order valence-corrected chi connectivity index (χ2v) is 9.57. The van der Waals surface area contributed by atoms with E-state index in [2.05, 4.69) is 54.7 Å². The van der Waals surface area contributed by atoms with Crippen molar-refractivity contribution in [3.8, 4) is 5.75 Å². The van der Waals surface area contributed by atoms with E-state index in [-0.39, 0.29) is 17.1 Å². The van der Waals surface area contributed by atoms with E-state index in [1.54, 1.807) is 18.2 Å². The molecule has 2 aromatic rings. The Morgan fingerprint density at radius 3 is 2.59 bits per heavy atom. The minimum absolute atomic E-state index is 0.137. The van der Waals surface area contributed by atoms with Gasteiger partial charge >= 0.3 is 0 Å². The Hall–Kier alpha value is -3.60. The fourth-order valence-electron chi connectivity index (χ4n) is 4.35. The number of hydrogen-bond donors (Lipinski definition) is 2. The molecule has 2 N–H and O–H groups in total. The molecule has 1 aliphatic carbocycles. The van der Waals surface area contributed by atoms with Crippen LogP contribution in [-0.2, 0) is 4.79 Å². The molecule has 1 aromatic carbocycles. The lowest BCUT2D eigenvalue weighted by Crippen LogP contribution is -2.25. The highest BCUT2D eigenvalue weighted by Crippen LogP contribution is 2.45. The third kappa shape index (κ3) is 6.70. The smallest absolute Gasteiger partial charge is 0.248 e. The maximum absolute atomic E-state index is 12.2. The minimum Gasteiger partial charge on any atom is -0.508 e. The fraction of sp³-hybridized carbons (Fsp3) is 0.310. The molecular formula is C29H35N3O2. The van der Waals surface area contributed by atoms with Gasteiger partial charge in [-0.15, -0.1) is 0 Å². The van der Waals surface area contributed by atoms with Crippen molar-refractivity contribution in [3.63, 3.8) is 0 Å². The average Bonchev–Trinajstić information content (AvgIpc) is 3.29. The van der Waals surface area contributed by atoms with Crippen molar-refractivity contribution in [2.24, 2.45) is 5.41 Å². The van der Waals surface area contributed by atoms with Crippen LogP contribution in [0.25, 0.3) is 0 Å². The number of aromatic nitrogens is 2. The largest absolute Gasteiger partial charge is 0.508 e. The lowest BCUT2D eigenvalue weighted by atomic mass is 9.71. The lowest BCUT2D eigenvalue weighted by Gasteiger charge is -2.37. The summed E-state index contributed by atoms with van der Waals surface area (Å²) in [7, 11) is 0. The molecule has 0 unspecified atom stereocenters. The summed E-state index contributed by atoms with van der Waals surface area (Å²) in [6.07, 6.45) is 19.9. The summed E-state index contributed by atoms with van der Waals surface area (Å²) < 4.78 is 2.21. The zero-order chi connectivity index (χ0) is 24.7. The molecule has 5 heteroatoms. The van der Waals surface area contributed by atoms with Gasteiger partial charge in [-0.25, -0.2) is 4.98 Å². The highest BCUT2D eigenvalue weighted by atomic mass is 16.3. The monoisotopic (exact) mass is 457 g/mol. The van der Waals surface area contributed by atoms with Crippen molar-refractivity contribution in [2.45, 2.75) is 53.5 Å². The van der Waals surface area contributed by atoms with E-state index in [1.165, 1.54) is 23.3 Å². The molecular weight excluding hydrogens is 422 g/mol. The van der Waals surface area contributed by atoms with Crippen LogP contribution in [0, 0.1) is 5.41 Å². The van der Waals surface area contributed by atoms with Crippen molar-refractivity contribution in [2.75, 3.05) is 5.32 Å². The topological polar surface area (TPSA) is 67.2 Å². The Labute approximate surface area is 202 Å². The molecule has 3 rings (SSSR count). The second-order valence-electron chi connectivity index (χ2n) is 9.57. The van der Waals surface area contributed by atoms with Gasteiger partial charge in [0.2, 0.25) is 5.91 Å². The molecule has 1 aromatic heterocycles. The first-order valence-electron chi connectivity index (χ1n) is 11.7. The first-order chi connectivity index (χ1) is 16.2. The standard InChI is InChI=1S/C29H35N3O2/c1-21(7-6-8-22(2)19-28(34)31-24-10-12-25(33)13-11-24)9-14-26-23(3)27(15-16-29(26,4)5)32-18-17-30-20-32/h6-14,17-20,27,33H,15-16H2,1-5H3,(H,31,34)/b8-6+,14-9+,21-7+,22-19+/t27-/m1/s1. The van der Waals surface area contributed by atoms with E-state index in [0.29, 0.717) is 11.7 Å². The van der Waals surface area contributed by atoms with Gasteiger partial charge in [-0.2, -0.15) is 0 Å². The van der Waals surface area contributed by atoms with Gasteiger partial charge in [0.1, 0.15) is 5.75 Å². The van der Waals surface area contributed by atoms with Gasteiger partial charge in [-0.1, -0.05) is 49.8 Å². The number of nitrogens with zero attached hydrogens (tertiary/aromatic N) is 2. The molecule has 0 fully saturated rings. The summed E-state index contributed by atoms with van der Waals surface area (Å²) in [6, 6.07) is 6.76. The Morgan fingerprint density at radius 2 is 1.91 bits per heavy atom. The number of phenols is 1. The van der Waals surface area contributed by atoms with Crippen molar-refractivity contribution >= 4 is 11.6 Å². The normalized spacial score (nSPS) is 19.3. The summed E-state index contributed by atoms with van der Waals surface area (Å²) >= 11 is 0. The fourth-order valence-corrected chi connectivity index (χ4v) is 4.35. The van der Waals surface area contributed by atoms with E-state index < -0.39 is 0 Å². The highest BCUT2D eigenvalue weighted by Gasteiger charge is 2.32. The maximum Gasteiger partial charge on any atom is 0.248 e. The molecule has 1 aliphatic rings. The average molecular weight is 458 g/mol. The molecule has 0 aliphatic heterocycles. The summed E-state index contributed by atoms with van der Waals surface area (Å²) in [5.74, 6) is -0.0387. The number of anilines is 1. The molecule has 1 atom stereocenters. The van der Waals surface area contributed by atoms with E-state index >= 15 is 0 Å². The van der Waals surface area contributed by atoms with Crippen LogP contribution in [0.3, 0.4) is 0 Å². The second kappa shape index (κ2) is 11.0. The Kier molecular flexibility index (Phi) is 8.11. The number of hydrogen-bond acceptors (Lipinski definition) is 3. The van der Waals surface area contributed by atoms with Crippen LogP contribution in [0.4, 0.5) is 5.69 Å². The summed E-state index contributed by atoms with van der Waals surface area (Å²) in [6.45, 7) is 10.8. The Balaban J connectivity index is 1.65. The quantitative estimate of drug-likeness (QED) is 0.270. The summed E-state index contributed by atoms with van der Waals surface area (Å²) in [5, 5.41) is 12.1. The van der Waals surface area contributed by atoms with Crippen LogP contribution in [0.1, 0.15) is 53.5 Å². The van der Waals surface area contributed by atoms with Gasteiger partial charge < -0.3 is 15.0 Å². The van der Waals surface area contributed by atoms with E-state index in [9.17, 15) is 9.90 Å². The molecule has 34 heavy (non-hydrogen) atoms. The molecule has 5 nitrogen and oxygen atoms in total. The van der Waals surface area contributed by atoms with Crippen molar-refractivity contribution in [1.29, 1.82) is 0 Å². The molecule has 0 spiro atoms. The number of rotatable bonds is 7. The number of benzene rings is 1. The van der Waals surface area contributed by atoms with Crippen LogP contribution in [0.15, 0.2) is 102 Å². The summed E-state index contributed by atoms with van der Waals surface area (Å²) in [4.78, 5) is 16.4. The third-order valence-electron chi connectivity index (χ3n) is 6.31. The van der Waals surface area contributed by atoms with Crippen LogP contribution >= 0.6 is 0 Å². The summed E-state index contributed by atoms with van der Waals surface area (Å²) in [5.41, 5.74) is 5.54. The molecule has 178 valence electrons. The van der Waals surface area contributed by atoms with Gasteiger partial charge in [0.05, 0.1) is 12.4 Å². The third-order valence-corrected chi connectivity index (χ3v) is 6.31. The van der Waals surface area contributed by atoms with Gasteiger partial charge in [-0.05, 0) is 80.0 Å². The molecule has 0 radical (unpaired) electrons. The first kappa shape index (κ1) is 25.0. The number of amides is 1. The number of aromatic hydroxyl groups is 1. The molecule has 0 saturated carbocycles. The number of carbonyl (C=O) groups excluding carboxylic acids is 1. The predicted octanol–water partition coefficient (Wildman–Crippen LogP) is 6.91. The zero-order valence-corrected chi connectivity index (χ0v) is 20.7. The Bertz CT molecular complexity index is 1140. The van der Waals surface area contributed by atoms with E-state index in [1.807, 2.05) is 43.9 Å². The number of allylic oxidation sites excluding steroid dienone is 9.